The van der Waals surface area contributed by atoms with Crippen molar-refractivity contribution in [1.82, 2.24) is 5.32 Å². The molecule has 1 fully saturated rings. The van der Waals surface area contributed by atoms with Crippen LogP contribution in [0.25, 0.3) is 0 Å². The average Bonchev–Trinajstić information content (AvgIpc) is 2.72. The van der Waals surface area contributed by atoms with Crippen LogP contribution < -0.4 is 5.32 Å². The molecule has 0 saturated heterocycles. The highest BCUT2D eigenvalue weighted by molar-refractivity contribution is 6.32. The molecule has 2 atom stereocenters. The topological polar surface area (TPSA) is 42.2 Å². The highest BCUT2D eigenvalue weighted by atomic mass is 35.5. The van der Waals surface area contributed by atoms with Crippen molar-refractivity contribution in [1.29, 1.82) is 0 Å². The highest BCUT2D eigenvalue weighted by Crippen LogP contribution is 2.28. The molecule has 4 heteroatoms. The lowest BCUT2D eigenvalue weighted by molar-refractivity contribution is 0.0940. The summed E-state index contributed by atoms with van der Waals surface area (Å²) >= 11 is 5.75. The zero-order valence-corrected chi connectivity index (χ0v) is 10.8. The standard InChI is InChI=1S/C13H18ClNO2/c1-9-3-2-4-10(7-9)8-15-13(16)11-5-6-17-12(11)14/h5-6,9-10H,2-4,7-8H2,1H3,(H,15,16). The van der Waals surface area contributed by atoms with Gasteiger partial charge in [0, 0.05) is 6.54 Å². The number of amides is 1. The van der Waals surface area contributed by atoms with E-state index in [1.165, 1.54) is 31.9 Å². The quantitative estimate of drug-likeness (QED) is 0.898. The lowest BCUT2D eigenvalue weighted by Crippen LogP contribution is -2.31. The monoisotopic (exact) mass is 255 g/mol. The minimum absolute atomic E-state index is 0.137. The van der Waals surface area contributed by atoms with Crippen LogP contribution in [-0.4, -0.2) is 12.5 Å². The molecule has 0 spiro atoms. The summed E-state index contributed by atoms with van der Waals surface area (Å²) in [6, 6.07) is 1.60. The Hall–Kier alpha value is -0.960. The van der Waals surface area contributed by atoms with Crippen LogP contribution in [0.15, 0.2) is 16.7 Å². The minimum atomic E-state index is -0.137. The van der Waals surface area contributed by atoms with Crippen molar-refractivity contribution in [2.24, 2.45) is 11.8 Å². The Bertz CT molecular complexity index is 389. The zero-order chi connectivity index (χ0) is 12.3. The van der Waals surface area contributed by atoms with E-state index in [0.717, 1.165) is 12.5 Å². The Morgan fingerprint density at radius 3 is 3.06 bits per heavy atom. The summed E-state index contributed by atoms with van der Waals surface area (Å²) in [6.07, 6.45) is 6.44. The second-order valence-corrected chi connectivity index (χ2v) is 5.30. The Balaban J connectivity index is 1.82. The average molecular weight is 256 g/mol. The van der Waals surface area contributed by atoms with Gasteiger partial charge in [0.15, 0.2) is 0 Å². The maximum absolute atomic E-state index is 11.8. The summed E-state index contributed by atoms with van der Waals surface area (Å²) in [5.74, 6) is 1.25. The van der Waals surface area contributed by atoms with Crippen LogP contribution in [0.3, 0.4) is 0 Å². The Kier molecular flexibility index (Phi) is 4.11. The third kappa shape index (κ3) is 3.25. The molecule has 1 aliphatic rings. The summed E-state index contributed by atoms with van der Waals surface area (Å²) < 4.78 is 4.90. The first-order valence-corrected chi connectivity index (χ1v) is 6.56. The lowest BCUT2D eigenvalue weighted by Gasteiger charge is -2.26. The molecule has 0 radical (unpaired) electrons. The zero-order valence-electron chi connectivity index (χ0n) is 10.0. The van der Waals surface area contributed by atoms with Gasteiger partial charge in [-0.25, -0.2) is 0 Å². The van der Waals surface area contributed by atoms with E-state index in [0.29, 0.717) is 11.5 Å². The van der Waals surface area contributed by atoms with Gasteiger partial charge in [0.25, 0.3) is 5.91 Å². The Morgan fingerprint density at radius 2 is 2.41 bits per heavy atom. The van der Waals surface area contributed by atoms with Gasteiger partial charge >= 0.3 is 0 Å². The lowest BCUT2D eigenvalue weighted by atomic mass is 9.82. The van der Waals surface area contributed by atoms with E-state index in [1.54, 1.807) is 6.07 Å². The molecule has 1 amide bonds. The molecule has 0 aromatic carbocycles. The number of rotatable bonds is 3. The third-order valence-electron chi connectivity index (χ3n) is 3.46. The van der Waals surface area contributed by atoms with Gasteiger partial charge in [0.2, 0.25) is 5.22 Å². The molecule has 1 N–H and O–H groups in total. The van der Waals surface area contributed by atoms with Crippen LogP contribution in [0.2, 0.25) is 5.22 Å². The maximum Gasteiger partial charge on any atom is 0.256 e. The molecule has 1 aromatic heterocycles. The van der Waals surface area contributed by atoms with E-state index in [4.69, 9.17) is 16.0 Å². The highest BCUT2D eigenvalue weighted by Gasteiger charge is 2.20. The maximum atomic E-state index is 11.8. The number of furan rings is 1. The van der Waals surface area contributed by atoms with Crippen molar-refractivity contribution in [3.63, 3.8) is 0 Å². The third-order valence-corrected chi connectivity index (χ3v) is 3.75. The molecule has 94 valence electrons. The van der Waals surface area contributed by atoms with Crippen molar-refractivity contribution < 1.29 is 9.21 Å². The van der Waals surface area contributed by atoms with Gasteiger partial charge < -0.3 is 9.73 Å². The molecule has 2 unspecified atom stereocenters. The Morgan fingerprint density at radius 1 is 1.59 bits per heavy atom. The number of hydrogen-bond acceptors (Lipinski definition) is 2. The number of nitrogens with one attached hydrogen (secondary N) is 1. The van der Waals surface area contributed by atoms with Crippen LogP contribution in [0, 0.1) is 11.8 Å². The SMILES string of the molecule is CC1CCCC(CNC(=O)c2ccoc2Cl)C1. The van der Waals surface area contributed by atoms with Crippen LogP contribution >= 0.6 is 11.6 Å². The first kappa shape index (κ1) is 12.5. The van der Waals surface area contributed by atoms with Gasteiger partial charge in [-0.05, 0) is 42.3 Å². The Labute approximate surface area is 107 Å². The number of halogens is 1. The van der Waals surface area contributed by atoms with Crippen molar-refractivity contribution in [2.75, 3.05) is 6.54 Å². The van der Waals surface area contributed by atoms with Gasteiger partial charge in [-0.2, -0.15) is 0 Å². The van der Waals surface area contributed by atoms with Crippen LogP contribution in [0.5, 0.6) is 0 Å². The molecular formula is C13H18ClNO2. The summed E-state index contributed by atoms with van der Waals surface area (Å²) in [6.45, 7) is 3.02. The molecule has 1 heterocycles. The van der Waals surface area contributed by atoms with Gasteiger partial charge in [-0.3, -0.25) is 4.79 Å². The number of carbonyl (C=O) groups excluding carboxylic acids is 1. The van der Waals surface area contributed by atoms with Gasteiger partial charge in [0.1, 0.15) is 0 Å². The van der Waals surface area contributed by atoms with Crippen molar-refractivity contribution in [2.45, 2.75) is 32.6 Å². The fourth-order valence-corrected chi connectivity index (χ4v) is 2.73. The molecule has 1 aromatic rings. The van der Waals surface area contributed by atoms with E-state index in [1.807, 2.05) is 0 Å². The molecular weight excluding hydrogens is 238 g/mol. The summed E-state index contributed by atoms with van der Waals surface area (Å²) in [7, 11) is 0. The predicted molar refractivity (Wildman–Crippen MR) is 67.2 cm³/mol. The smallest absolute Gasteiger partial charge is 0.256 e. The van der Waals surface area contributed by atoms with E-state index in [2.05, 4.69) is 12.2 Å². The first-order valence-electron chi connectivity index (χ1n) is 6.18. The molecule has 0 bridgehead atoms. The normalized spacial score (nSPS) is 24.6. The summed E-state index contributed by atoms with van der Waals surface area (Å²) in [4.78, 5) is 11.8. The van der Waals surface area contributed by atoms with Crippen LogP contribution in [-0.2, 0) is 0 Å². The van der Waals surface area contributed by atoms with E-state index < -0.39 is 0 Å². The first-order chi connectivity index (χ1) is 8.16. The molecule has 1 aliphatic carbocycles. The molecule has 0 aliphatic heterocycles. The largest absolute Gasteiger partial charge is 0.452 e. The second-order valence-electron chi connectivity index (χ2n) is 4.96. The number of carbonyl (C=O) groups is 1. The molecule has 3 nitrogen and oxygen atoms in total. The molecule has 2 rings (SSSR count). The van der Waals surface area contributed by atoms with Crippen molar-refractivity contribution in [3.05, 3.63) is 23.1 Å². The fraction of sp³-hybridized carbons (Fsp3) is 0.615. The van der Waals surface area contributed by atoms with E-state index >= 15 is 0 Å². The van der Waals surface area contributed by atoms with Crippen molar-refractivity contribution in [3.8, 4) is 0 Å². The summed E-state index contributed by atoms with van der Waals surface area (Å²) in [5.41, 5.74) is 0.426. The van der Waals surface area contributed by atoms with E-state index in [9.17, 15) is 4.79 Å². The fourth-order valence-electron chi connectivity index (χ4n) is 2.53. The molecule has 17 heavy (non-hydrogen) atoms. The van der Waals surface area contributed by atoms with Crippen LogP contribution in [0.4, 0.5) is 0 Å². The van der Waals surface area contributed by atoms with Crippen molar-refractivity contribution >= 4 is 17.5 Å². The van der Waals surface area contributed by atoms with Gasteiger partial charge in [-0.15, -0.1) is 0 Å². The van der Waals surface area contributed by atoms with Gasteiger partial charge in [0.05, 0.1) is 11.8 Å². The predicted octanol–water partition coefficient (Wildman–Crippen LogP) is 3.49. The minimum Gasteiger partial charge on any atom is -0.452 e. The van der Waals surface area contributed by atoms with Crippen LogP contribution in [0.1, 0.15) is 43.0 Å². The number of hydrogen-bond donors (Lipinski definition) is 1. The van der Waals surface area contributed by atoms with E-state index in [-0.39, 0.29) is 11.1 Å². The van der Waals surface area contributed by atoms with Gasteiger partial charge in [-0.1, -0.05) is 19.8 Å². The second kappa shape index (κ2) is 5.58. The molecule has 1 saturated carbocycles. The summed E-state index contributed by atoms with van der Waals surface area (Å²) in [5, 5.41) is 3.10.